The van der Waals surface area contributed by atoms with E-state index in [0.29, 0.717) is 0 Å². The first kappa shape index (κ1) is 22.0. The van der Waals surface area contributed by atoms with Crippen molar-refractivity contribution >= 4 is 75.7 Å². The number of hydrogen-bond acceptors (Lipinski definition) is 2. The van der Waals surface area contributed by atoms with Crippen molar-refractivity contribution in [2.45, 2.75) is 0 Å². The Kier molecular flexibility index (Phi) is 4.55. The molecule has 0 spiro atoms. The molecule has 2 heterocycles. The van der Waals surface area contributed by atoms with E-state index in [-0.39, 0.29) is 0 Å². The van der Waals surface area contributed by atoms with Crippen LogP contribution >= 0.6 is 11.3 Å². The maximum Gasteiger partial charge on any atom is 0.144 e. The number of para-hydroxylation sites is 1. The average molecular weight is 527 g/mol. The van der Waals surface area contributed by atoms with E-state index in [0.717, 1.165) is 16.6 Å². The highest BCUT2D eigenvalue weighted by Crippen LogP contribution is 2.49. The molecule has 0 saturated carbocycles. The number of benzene rings is 7. The molecule has 0 atom stereocenters. The van der Waals surface area contributed by atoms with Crippen molar-refractivity contribution < 1.29 is 4.42 Å². The van der Waals surface area contributed by atoms with Gasteiger partial charge in [-0.3, -0.25) is 0 Å². The Labute approximate surface area is 234 Å². The van der Waals surface area contributed by atoms with Gasteiger partial charge in [0.25, 0.3) is 0 Å². The van der Waals surface area contributed by atoms with E-state index in [1.165, 1.54) is 70.0 Å². The van der Waals surface area contributed by atoms with E-state index in [1.54, 1.807) is 11.3 Å². The third-order valence-corrected chi connectivity index (χ3v) is 9.18. The van der Waals surface area contributed by atoms with Crippen LogP contribution in [-0.4, -0.2) is 0 Å². The van der Waals surface area contributed by atoms with E-state index in [9.17, 15) is 0 Å². The summed E-state index contributed by atoms with van der Waals surface area (Å²) in [6.07, 6.45) is 0. The van der Waals surface area contributed by atoms with Crippen LogP contribution in [0.4, 0.5) is 0 Å². The molecule has 9 rings (SSSR count). The van der Waals surface area contributed by atoms with Gasteiger partial charge < -0.3 is 4.42 Å². The van der Waals surface area contributed by atoms with E-state index in [1.807, 2.05) is 0 Å². The fraction of sp³-hybridized carbons (Fsp3) is 0. The zero-order valence-corrected chi connectivity index (χ0v) is 22.3. The molecule has 2 heteroatoms. The highest BCUT2D eigenvalue weighted by molar-refractivity contribution is 7.17. The molecule has 0 saturated heterocycles. The van der Waals surface area contributed by atoms with Gasteiger partial charge in [0.05, 0.1) is 0 Å². The molecule has 0 aliphatic carbocycles. The molecule has 0 amide bonds. The number of hydrogen-bond donors (Lipinski definition) is 0. The fourth-order valence-electron chi connectivity index (χ4n) is 6.60. The van der Waals surface area contributed by atoms with Crippen molar-refractivity contribution in [1.82, 2.24) is 0 Å². The number of fused-ring (bicyclic) bond motifs is 8. The maximum absolute atomic E-state index is 6.55. The molecule has 0 radical (unpaired) electrons. The molecule has 0 unspecified atom stereocenters. The van der Waals surface area contributed by atoms with Gasteiger partial charge in [-0.05, 0) is 84.2 Å². The number of furan rings is 1. The monoisotopic (exact) mass is 526 g/mol. The summed E-state index contributed by atoms with van der Waals surface area (Å²) in [5.74, 6) is 0. The predicted molar refractivity (Wildman–Crippen MR) is 172 cm³/mol. The van der Waals surface area contributed by atoms with Crippen LogP contribution in [-0.2, 0) is 0 Å². The van der Waals surface area contributed by atoms with Crippen molar-refractivity contribution in [1.29, 1.82) is 0 Å². The molecule has 9 aromatic rings. The van der Waals surface area contributed by atoms with Gasteiger partial charge >= 0.3 is 0 Å². The quantitative estimate of drug-likeness (QED) is 0.204. The average Bonchev–Trinajstić information content (AvgIpc) is 3.64. The lowest BCUT2D eigenvalue weighted by atomic mass is 9.84. The van der Waals surface area contributed by atoms with Crippen LogP contribution in [0.1, 0.15) is 0 Å². The summed E-state index contributed by atoms with van der Waals surface area (Å²) >= 11 is 1.77. The lowest BCUT2D eigenvalue weighted by Gasteiger charge is -2.18. The Bertz CT molecular complexity index is 2380. The fourth-order valence-corrected chi connectivity index (χ4v) is 7.42. The normalized spacial score (nSPS) is 12.0. The van der Waals surface area contributed by atoms with Gasteiger partial charge in [-0.1, -0.05) is 103 Å². The Hall–Kier alpha value is -4.92. The summed E-state index contributed by atoms with van der Waals surface area (Å²) in [5, 5.41) is 13.3. The minimum absolute atomic E-state index is 0.929. The standard InChI is InChI=1S/C38H22OS/c1-2-10-24-21-25(18-17-23(24)9-1)35-26-11-3-5-13-28(26)36(29-14-6-4-12-27(29)35)32-22-34-31(19-20-40-34)38-37(32)30-15-7-8-16-33(30)39-38/h1-22H. The third kappa shape index (κ3) is 3.03. The zero-order chi connectivity index (χ0) is 26.2. The summed E-state index contributed by atoms with van der Waals surface area (Å²) in [7, 11) is 0. The Morgan fingerprint density at radius 1 is 0.475 bits per heavy atom. The molecule has 40 heavy (non-hydrogen) atoms. The van der Waals surface area contributed by atoms with Crippen LogP contribution in [0.25, 0.3) is 86.6 Å². The van der Waals surface area contributed by atoms with Crippen LogP contribution < -0.4 is 0 Å². The molecule has 0 bridgehead atoms. The predicted octanol–water partition coefficient (Wildman–Crippen LogP) is 11.6. The van der Waals surface area contributed by atoms with Crippen LogP contribution in [0.2, 0.25) is 0 Å². The van der Waals surface area contributed by atoms with Crippen molar-refractivity contribution in [2.24, 2.45) is 0 Å². The Balaban J connectivity index is 1.48. The summed E-state index contributed by atoms with van der Waals surface area (Å²) in [6.45, 7) is 0. The van der Waals surface area contributed by atoms with Gasteiger partial charge in [-0.2, -0.15) is 0 Å². The Morgan fingerprint density at radius 2 is 1.10 bits per heavy atom. The largest absolute Gasteiger partial charge is 0.455 e. The second kappa shape index (κ2) is 8.29. The van der Waals surface area contributed by atoms with Crippen LogP contribution in [0.15, 0.2) is 137 Å². The molecule has 0 N–H and O–H groups in total. The minimum Gasteiger partial charge on any atom is -0.455 e. The van der Waals surface area contributed by atoms with Crippen LogP contribution in [0.5, 0.6) is 0 Å². The van der Waals surface area contributed by atoms with Gasteiger partial charge in [0.1, 0.15) is 11.2 Å². The third-order valence-electron chi connectivity index (χ3n) is 8.32. The van der Waals surface area contributed by atoms with Crippen molar-refractivity contribution in [3.8, 4) is 22.3 Å². The molecule has 186 valence electrons. The van der Waals surface area contributed by atoms with Crippen LogP contribution in [0.3, 0.4) is 0 Å². The highest BCUT2D eigenvalue weighted by Gasteiger charge is 2.22. The van der Waals surface area contributed by atoms with Crippen molar-refractivity contribution in [2.75, 3.05) is 0 Å². The van der Waals surface area contributed by atoms with E-state index < -0.39 is 0 Å². The second-order valence-corrected chi connectivity index (χ2v) is 11.4. The van der Waals surface area contributed by atoms with Gasteiger partial charge in [0, 0.05) is 20.9 Å². The molecule has 1 nitrogen and oxygen atoms in total. The maximum atomic E-state index is 6.55. The van der Waals surface area contributed by atoms with Crippen LogP contribution in [0, 0.1) is 0 Å². The summed E-state index contributed by atoms with van der Waals surface area (Å²) < 4.78 is 7.79. The zero-order valence-electron chi connectivity index (χ0n) is 21.5. The van der Waals surface area contributed by atoms with E-state index in [4.69, 9.17) is 4.42 Å². The first-order valence-corrected chi connectivity index (χ1v) is 14.5. The van der Waals surface area contributed by atoms with Crippen molar-refractivity contribution in [3.05, 3.63) is 133 Å². The van der Waals surface area contributed by atoms with E-state index in [2.05, 4.69) is 133 Å². The number of rotatable bonds is 2. The molecular weight excluding hydrogens is 504 g/mol. The Morgan fingerprint density at radius 3 is 1.85 bits per heavy atom. The highest BCUT2D eigenvalue weighted by atomic mass is 32.1. The van der Waals surface area contributed by atoms with Gasteiger partial charge in [-0.15, -0.1) is 11.3 Å². The van der Waals surface area contributed by atoms with Gasteiger partial charge in [0.2, 0.25) is 0 Å². The first-order valence-electron chi connectivity index (χ1n) is 13.6. The lowest BCUT2D eigenvalue weighted by Crippen LogP contribution is -1.91. The number of thiophene rings is 1. The SMILES string of the molecule is c1ccc2cc(-c3c4ccccc4c(-c4cc5sccc5c5oc6ccccc6c45)c4ccccc34)ccc2c1. The summed E-state index contributed by atoms with van der Waals surface area (Å²) in [6, 6.07) is 46.3. The van der Waals surface area contributed by atoms with E-state index >= 15 is 0 Å². The first-order chi connectivity index (χ1) is 19.8. The minimum atomic E-state index is 0.929. The molecule has 2 aromatic heterocycles. The molecule has 7 aromatic carbocycles. The second-order valence-electron chi connectivity index (χ2n) is 10.5. The smallest absolute Gasteiger partial charge is 0.144 e. The molecule has 0 aliphatic rings. The lowest BCUT2D eigenvalue weighted by molar-refractivity contribution is 0.673. The van der Waals surface area contributed by atoms with Gasteiger partial charge in [-0.25, -0.2) is 0 Å². The molecule has 0 aliphatic heterocycles. The summed E-state index contributed by atoms with van der Waals surface area (Å²) in [5.41, 5.74) is 6.92. The molecular formula is C38H22OS. The van der Waals surface area contributed by atoms with Crippen molar-refractivity contribution in [3.63, 3.8) is 0 Å². The topological polar surface area (TPSA) is 13.1 Å². The molecule has 0 fully saturated rings. The van der Waals surface area contributed by atoms with Gasteiger partial charge in [0.15, 0.2) is 0 Å². The summed E-state index contributed by atoms with van der Waals surface area (Å²) in [4.78, 5) is 0.